The van der Waals surface area contributed by atoms with E-state index >= 15 is 0 Å². The predicted octanol–water partition coefficient (Wildman–Crippen LogP) is 1.86. The van der Waals surface area contributed by atoms with Crippen LogP contribution in [0.5, 0.6) is 0 Å². The maximum atomic E-state index is 10.9. The SMILES string of the molecule is N#CCCN(Cc1ccoc1C(=O)O)C1CC1. The second-order valence-corrected chi connectivity index (χ2v) is 4.19. The smallest absolute Gasteiger partial charge is 0.372 e. The van der Waals surface area contributed by atoms with Gasteiger partial charge in [-0.25, -0.2) is 4.79 Å². The van der Waals surface area contributed by atoms with Crippen LogP contribution in [-0.4, -0.2) is 28.6 Å². The molecule has 1 heterocycles. The molecule has 0 bridgehead atoms. The Morgan fingerprint density at radius 2 is 2.41 bits per heavy atom. The average molecular weight is 234 g/mol. The van der Waals surface area contributed by atoms with E-state index in [0.29, 0.717) is 31.1 Å². The average Bonchev–Trinajstić information content (AvgIpc) is 3.03. The van der Waals surface area contributed by atoms with Gasteiger partial charge in [-0.3, -0.25) is 4.90 Å². The minimum atomic E-state index is -1.04. The van der Waals surface area contributed by atoms with E-state index in [1.807, 2.05) is 0 Å². The van der Waals surface area contributed by atoms with E-state index in [2.05, 4.69) is 11.0 Å². The minimum absolute atomic E-state index is 0.00704. The molecule has 17 heavy (non-hydrogen) atoms. The van der Waals surface area contributed by atoms with Gasteiger partial charge >= 0.3 is 5.97 Å². The Bertz CT molecular complexity index is 443. The molecule has 1 fully saturated rings. The molecule has 2 rings (SSSR count). The van der Waals surface area contributed by atoms with Crippen molar-refractivity contribution in [3.63, 3.8) is 0 Å². The standard InChI is InChI=1S/C12H14N2O3/c13-5-1-6-14(10-2-3-10)8-9-4-7-17-11(9)12(15)16/h4,7,10H,1-3,6,8H2,(H,15,16). The fraction of sp³-hybridized carbons (Fsp3) is 0.500. The zero-order valence-corrected chi connectivity index (χ0v) is 9.43. The van der Waals surface area contributed by atoms with E-state index in [-0.39, 0.29) is 5.76 Å². The normalized spacial score (nSPS) is 14.8. The number of furan rings is 1. The Labute approximate surface area is 99.2 Å². The summed E-state index contributed by atoms with van der Waals surface area (Å²) in [4.78, 5) is 13.1. The summed E-state index contributed by atoms with van der Waals surface area (Å²) in [6.07, 6.45) is 4.13. The molecule has 0 aromatic carbocycles. The fourth-order valence-electron chi connectivity index (χ4n) is 1.89. The first kappa shape index (κ1) is 11.7. The Balaban J connectivity index is 2.04. The maximum Gasteiger partial charge on any atom is 0.372 e. The number of nitriles is 1. The van der Waals surface area contributed by atoms with Gasteiger partial charge in [0.1, 0.15) is 0 Å². The molecule has 1 aliphatic rings. The molecular formula is C12H14N2O3. The van der Waals surface area contributed by atoms with Crippen LogP contribution in [0.25, 0.3) is 0 Å². The number of carboxylic acids is 1. The molecule has 5 heteroatoms. The van der Waals surface area contributed by atoms with Crippen LogP contribution in [0, 0.1) is 11.3 Å². The predicted molar refractivity (Wildman–Crippen MR) is 59.3 cm³/mol. The van der Waals surface area contributed by atoms with Crippen molar-refractivity contribution in [2.24, 2.45) is 0 Å². The van der Waals surface area contributed by atoms with Crippen LogP contribution in [0.2, 0.25) is 0 Å². The number of hydrogen-bond acceptors (Lipinski definition) is 4. The van der Waals surface area contributed by atoms with Gasteiger partial charge in [0.05, 0.1) is 12.3 Å². The highest BCUT2D eigenvalue weighted by atomic mass is 16.4. The van der Waals surface area contributed by atoms with Gasteiger partial charge in [0.2, 0.25) is 5.76 Å². The van der Waals surface area contributed by atoms with Gasteiger partial charge in [0.15, 0.2) is 0 Å². The number of nitrogens with zero attached hydrogens (tertiary/aromatic N) is 2. The van der Waals surface area contributed by atoms with Gasteiger partial charge in [-0.05, 0) is 18.9 Å². The summed E-state index contributed by atoms with van der Waals surface area (Å²) in [5.41, 5.74) is 0.683. The fourth-order valence-corrected chi connectivity index (χ4v) is 1.89. The second-order valence-electron chi connectivity index (χ2n) is 4.19. The summed E-state index contributed by atoms with van der Waals surface area (Å²) in [6.45, 7) is 1.23. The first-order valence-corrected chi connectivity index (χ1v) is 5.63. The summed E-state index contributed by atoms with van der Waals surface area (Å²) in [5, 5.41) is 17.5. The van der Waals surface area contributed by atoms with E-state index in [0.717, 1.165) is 12.8 Å². The largest absolute Gasteiger partial charge is 0.475 e. The quantitative estimate of drug-likeness (QED) is 0.812. The lowest BCUT2D eigenvalue weighted by atomic mass is 10.2. The lowest BCUT2D eigenvalue weighted by molar-refractivity contribution is 0.0659. The first-order valence-electron chi connectivity index (χ1n) is 5.63. The second kappa shape index (κ2) is 5.02. The van der Waals surface area contributed by atoms with Crippen molar-refractivity contribution < 1.29 is 14.3 Å². The van der Waals surface area contributed by atoms with Crippen LogP contribution in [0.1, 0.15) is 35.4 Å². The number of rotatable bonds is 6. The van der Waals surface area contributed by atoms with E-state index in [1.54, 1.807) is 6.07 Å². The van der Waals surface area contributed by atoms with Gasteiger partial charge < -0.3 is 9.52 Å². The van der Waals surface area contributed by atoms with Gasteiger partial charge in [-0.2, -0.15) is 5.26 Å². The molecule has 90 valence electrons. The van der Waals surface area contributed by atoms with Crippen LogP contribution >= 0.6 is 0 Å². The number of carbonyl (C=O) groups is 1. The third kappa shape index (κ3) is 2.86. The van der Waals surface area contributed by atoms with Crippen molar-refractivity contribution in [2.45, 2.75) is 31.8 Å². The molecule has 0 saturated heterocycles. The van der Waals surface area contributed by atoms with Crippen LogP contribution in [0.15, 0.2) is 16.7 Å². The Hall–Kier alpha value is -1.80. The Kier molecular flexibility index (Phi) is 3.45. The van der Waals surface area contributed by atoms with Crippen LogP contribution < -0.4 is 0 Å². The van der Waals surface area contributed by atoms with E-state index in [9.17, 15) is 4.79 Å². The molecule has 1 saturated carbocycles. The molecule has 0 radical (unpaired) electrons. The van der Waals surface area contributed by atoms with Crippen LogP contribution in [0.4, 0.5) is 0 Å². The molecule has 0 amide bonds. The Morgan fingerprint density at radius 3 is 3.00 bits per heavy atom. The van der Waals surface area contributed by atoms with Crippen molar-refractivity contribution in [1.29, 1.82) is 5.26 Å². The highest BCUT2D eigenvalue weighted by Gasteiger charge is 2.29. The molecule has 5 nitrogen and oxygen atoms in total. The minimum Gasteiger partial charge on any atom is -0.475 e. The van der Waals surface area contributed by atoms with Crippen molar-refractivity contribution in [3.8, 4) is 6.07 Å². The summed E-state index contributed by atoms with van der Waals surface area (Å²) in [7, 11) is 0. The zero-order valence-electron chi connectivity index (χ0n) is 9.43. The van der Waals surface area contributed by atoms with Gasteiger partial charge in [-0.15, -0.1) is 0 Å². The highest BCUT2D eigenvalue weighted by Crippen LogP contribution is 2.29. The highest BCUT2D eigenvalue weighted by molar-refractivity contribution is 5.86. The molecule has 1 aromatic rings. The molecule has 1 aromatic heterocycles. The van der Waals surface area contributed by atoms with Crippen molar-refractivity contribution >= 4 is 5.97 Å². The molecule has 1 N–H and O–H groups in total. The maximum absolute atomic E-state index is 10.9. The third-order valence-electron chi connectivity index (χ3n) is 2.89. The molecular weight excluding hydrogens is 220 g/mol. The molecule has 0 spiro atoms. The first-order chi connectivity index (χ1) is 8.22. The van der Waals surface area contributed by atoms with Crippen molar-refractivity contribution in [3.05, 3.63) is 23.7 Å². The molecule has 1 aliphatic carbocycles. The van der Waals surface area contributed by atoms with E-state index in [4.69, 9.17) is 14.8 Å². The molecule has 0 aliphatic heterocycles. The summed E-state index contributed by atoms with van der Waals surface area (Å²) in [5.74, 6) is -1.03. The van der Waals surface area contributed by atoms with Crippen LogP contribution in [-0.2, 0) is 6.54 Å². The lowest BCUT2D eigenvalue weighted by Crippen LogP contribution is -2.27. The van der Waals surface area contributed by atoms with Gasteiger partial charge in [0, 0.05) is 31.1 Å². The van der Waals surface area contributed by atoms with Gasteiger partial charge in [-0.1, -0.05) is 0 Å². The monoisotopic (exact) mass is 234 g/mol. The lowest BCUT2D eigenvalue weighted by Gasteiger charge is -2.19. The van der Waals surface area contributed by atoms with Crippen LogP contribution in [0.3, 0.4) is 0 Å². The van der Waals surface area contributed by atoms with Gasteiger partial charge in [0.25, 0.3) is 0 Å². The summed E-state index contributed by atoms with van der Waals surface area (Å²) in [6, 6.07) is 4.30. The topological polar surface area (TPSA) is 77.5 Å². The van der Waals surface area contributed by atoms with Crippen molar-refractivity contribution in [2.75, 3.05) is 6.54 Å². The number of aromatic carboxylic acids is 1. The number of hydrogen-bond donors (Lipinski definition) is 1. The van der Waals surface area contributed by atoms with E-state index < -0.39 is 5.97 Å². The molecule has 0 atom stereocenters. The Morgan fingerprint density at radius 1 is 1.65 bits per heavy atom. The van der Waals surface area contributed by atoms with E-state index in [1.165, 1.54) is 6.26 Å². The summed E-state index contributed by atoms with van der Waals surface area (Å²) >= 11 is 0. The zero-order chi connectivity index (χ0) is 12.3. The van der Waals surface area contributed by atoms with Crippen molar-refractivity contribution in [1.82, 2.24) is 4.90 Å². The number of carboxylic acid groups (broad SMARTS) is 1. The third-order valence-corrected chi connectivity index (χ3v) is 2.89. The molecule has 0 unspecified atom stereocenters. The summed E-state index contributed by atoms with van der Waals surface area (Å²) < 4.78 is 4.94.